The summed E-state index contributed by atoms with van der Waals surface area (Å²) in [6.45, 7) is 0. The molecule has 9 nitrogen and oxygen atoms in total. The molecule has 0 spiro atoms. The highest BCUT2D eigenvalue weighted by Gasteiger charge is 2.63. The molecular formula is C11H9NO8. The van der Waals surface area contributed by atoms with Crippen molar-refractivity contribution in [1.82, 2.24) is 0 Å². The van der Waals surface area contributed by atoms with Gasteiger partial charge in [-0.25, -0.2) is 9.59 Å². The zero-order valence-electron chi connectivity index (χ0n) is 9.88. The van der Waals surface area contributed by atoms with Crippen molar-refractivity contribution in [2.24, 2.45) is 0 Å². The molecule has 2 rings (SSSR count). The van der Waals surface area contributed by atoms with Crippen molar-refractivity contribution >= 4 is 18.0 Å². The van der Waals surface area contributed by atoms with Gasteiger partial charge >= 0.3 is 12.3 Å². The number of carbonyl (C=O) groups is 2. The summed E-state index contributed by atoms with van der Waals surface area (Å²) in [6, 6.07) is 4.98. The predicted octanol–water partition coefficient (Wildman–Crippen LogP) is 1.95. The number of benzene rings is 1. The van der Waals surface area contributed by atoms with Gasteiger partial charge in [0.05, 0.1) is 4.92 Å². The Hall–Kier alpha value is -2.84. The summed E-state index contributed by atoms with van der Waals surface area (Å²) in [5.41, 5.74) is -1.30. The van der Waals surface area contributed by atoms with E-state index in [-0.39, 0.29) is 12.1 Å². The van der Waals surface area contributed by atoms with Crippen LogP contribution >= 0.6 is 0 Å². The summed E-state index contributed by atoms with van der Waals surface area (Å²) in [5.74, 6) is 0. The summed E-state index contributed by atoms with van der Waals surface area (Å²) in [4.78, 5) is 31.1. The van der Waals surface area contributed by atoms with E-state index in [4.69, 9.17) is 14.9 Å². The minimum Gasteiger partial charge on any atom is -0.450 e. The van der Waals surface area contributed by atoms with Gasteiger partial charge in [-0.3, -0.25) is 10.1 Å². The number of rotatable bonds is 4. The molecule has 1 aliphatic rings. The maximum Gasteiger partial charge on any atom is 0.506 e. The highest BCUT2D eigenvalue weighted by molar-refractivity contribution is 5.61. The van der Waals surface area contributed by atoms with Gasteiger partial charge in [-0.15, -0.1) is 0 Å². The summed E-state index contributed by atoms with van der Waals surface area (Å²) in [5, 5.41) is 27.8. The van der Waals surface area contributed by atoms with E-state index < -0.39 is 28.9 Å². The van der Waals surface area contributed by atoms with Crippen molar-refractivity contribution in [1.29, 1.82) is 0 Å². The molecule has 1 fully saturated rings. The van der Waals surface area contributed by atoms with E-state index in [9.17, 15) is 19.7 Å². The average Bonchev–Trinajstić information content (AvgIpc) is 3.01. The second kappa shape index (κ2) is 4.68. The highest BCUT2D eigenvalue weighted by atomic mass is 16.7. The van der Waals surface area contributed by atoms with Crippen LogP contribution in [0.2, 0.25) is 0 Å². The minimum atomic E-state index is -1.58. The van der Waals surface area contributed by atoms with Crippen LogP contribution in [0.15, 0.2) is 24.3 Å². The number of non-ortho nitro benzene ring substituents is 1. The lowest BCUT2D eigenvalue weighted by atomic mass is 10.1. The van der Waals surface area contributed by atoms with Gasteiger partial charge in [-0.1, -0.05) is 0 Å². The normalized spacial score (nSPS) is 23.7. The van der Waals surface area contributed by atoms with Gasteiger partial charge in [0.15, 0.2) is 11.7 Å². The quantitative estimate of drug-likeness (QED) is 0.486. The van der Waals surface area contributed by atoms with Crippen LogP contribution in [-0.4, -0.2) is 33.6 Å². The van der Waals surface area contributed by atoms with E-state index in [2.05, 4.69) is 4.74 Å². The van der Waals surface area contributed by atoms with E-state index >= 15 is 0 Å². The molecule has 1 saturated carbocycles. The first-order valence-corrected chi connectivity index (χ1v) is 5.41. The smallest absolute Gasteiger partial charge is 0.450 e. The number of nitro benzene ring substituents is 1. The first-order valence-electron chi connectivity index (χ1n) is 5.41. The molecule has 2 unspecified atom stereocenters. The Balaban J connectivity index is 2.26. The van der Waals surface area contributed by atoms with Gasteiger partial charge in [0.25, 0.3) is 5.69 Å². The Morgan fingerprint density at radius 1 is 1.25 bits per heavy atom. The molecule has 9 heteroatoms. The summed E-state index contributed by atoms with van der Waals surface area (Å²) in [7, 11) is 0. The molecule has 0 bridgehead atoms. The van der Waals surface area contributed by atoms with Crippen LogP contribution in [0.4, 0.5) is 15.3 Å². The molecule has 0 saturated heterocycles. The Labute approximate surface area is 111 Å². The van der Waals surface area contributed by atoms with Crippen molar-refractivity contribution in [3.05, 3.63) is 39.9 Å². The number of ether oxygens (including phenoxy) is 2. The molecule has 1 aliphatic carbocycles. The SMILES string of the molecule is O=C(O)OC1CC1(OC(=O)O)c1ccc([N+](=O)[O-])cc1. The fourth-order valence-corrected chi connectivity index (χ4v) is 1.97. The third-order valence-electron chi connectivity index (χ3n) is 2.93. The molecule has 0 radical (unpaired) electrons. The Kier molecular flexibility index (Phi) is 3.18. The van der Waals surface area contributed by atoms with Crippen LogP contribution in [-0.2, 0) is 15.1 Å². The minimum absolute atomic E-state index is 0.0312. The Morgan fingerprint density at radius 3 is 2.30 bits per heavy atom. The lowest BCUT2D eigenvalue weighted by Crippen LogP contribution is -2.23. The van der Waals surface area contributed by atoms with Crippen LogP contribution in [0.3, 0.4) is 0 Å². The van der Waals surface area contributed by atoms with Crippen molar-refractivity contribution in [3.63, 3.8) is 0 Å². The number of nitrogens with zero attached hydrogens (tertiary/aromatic N) is 1. The third-order valence-corrected chi connectivity index (χ3v) is 2.93. The van der Waals surface area contributed by atoms with Crippen LogP contribution < -0.4 is 0 Å². The second-order valence-electron chi connectivity index (χ2n) is 4.14. The van der Waals surface area contributed by atoms with Gasteiger partial charge in [0, 0.05) is 24.1 Å². The van der Waals surface area contributed by atoms with Crippen LogP contribution in [0.5, 0.6) is 0 Å². The van der Waals surface area contributed by atoms with Crippen molar-refractivity contribution in [2.75, 3.05) is 0 Å². The third kappa shape index (κ3) is 2.46. The summed E-state index contributed by atoms with van der Waals surface area (Å²) >= 11 is 0. The predicted molar refractivity (Wildman–Crippen MR) is 61.4 cm³/mol. The molecule has 0 amide bonds. The Morgan fingerprint density at radius 2 is 1.85 bits per heavy atom. The number of hydrogen-bond acceptors (Lipinski definition) is 6. The molecule has 1 aromatic rings. The van der Waals surface area contributed by atoms with E-state index in [0.717, 1.165) is 0 Å². The van der Waals surface area contributed by atoms with Gasteiger partial charge in [-0.05, 0) is 12.1 Å². The maximum atomic E-state index is 10.7. The standard InChI is InChI=1S/C11H9NO8/c13-9(14)19-8-5-11(8,20-10(15)16)6-1-3-7(4-2-6)12(17)18/h1-4,8H,5H2,(H,13,14)(H,15,16). The monoisotopic (exact) mass is 283 g/mol. The number of nitro groups is 1. The van der Waals surface area contributed by atoms with Crippen molar-refractivity contribution in [3.8, 4) is 0 Å². The summed E-state index contributed by atoms with van der Waals surface area (Å²) in [6.07, 6.45) is -4.06. The van der Waals surface area contributed by atoms with Gasteiger partial charge in [-0.2, -0.15) is 0 Å². The topological polar surface area (TPSA) is 136 Å². The molecule has 2 N–H and O–H groups in total. The van der Waals surface area contributed by atoms with E-state index in [1.807, 2.05) is 0 Å². The van der Waals surface area contributed by atoms with Crippen LogP contribution in [0.25, 0.3) is 0 Å². The molecule has 20 heavy (non-hydrogen) atoms. The molecule has 0 aliphatic heterocycles. The first kappa shape index (κ1) is 13.6. The second-order valence-corrected chi connectivity index (χ2v) is 4.14. The first-order chi connectivity index (χ1) is 9.35. The Bertz CT molecular complexity index is 568. The average molecular weight is 283 g/mol. The summed E-state index contributed by atoms with van der Waals surface area (Å²) < 4.78 is 9.21. The van der Waals surface area contributed by atoms with Gasteiger partial charge in [0.1, 0.15) is 0 Å². The fraction of sp³-hybridized carbons (Fsp3) is 0.273. The molecule has 1 aromatic carbocycles. The van der Waals surface area contributed by atoms with Crippen molar-refractivity contribution < 1.29 is 34.2 Å². The lowest BCUT2D eigenvalue weighted by molar-refractivity contribution is -0.384. The van der Waals surface area contributed by atoms with Gasteiger partial charge in [0.2, 0.25) is 0 Å². The van der Waals surface area contributed by atoms with Crippen LogP contribution in [0, 0.1) is 10.1 Å². The molecular weight excluding hydrogens is 274 g/mol. The highest BCUT2D eigenvalue weighted by Crippen LogP contribution is 2.52. The zero-order chi connectivity index (χ0) is 14.9. The molecule has 106 valence electrons. The van der Waals surface area contributed by atoms with Crippen LogP contribution in [0.1, 0.15) is 12.0 Å². The molecule has 0 heterocycles. The zero-order valence-corrected chi connectivity index (χ0v) is 9.88. The number of hydrogen-bond donors (Lipinski definition) is 2. The van der Waals surface area contributed by atoms with E-state index in [1.165, 1.54) is 24.3 Å². The molecule has 0 aromatic heterocycles. The number of carboxylic acid groups (broad SMARTS) is 2. The van der Waals surface area contributed by atoms with E-state index in [0.29, 0.717) is 5.56 Å². The molecule has 2 atom stereocenters. The lowest BCUT2D eigenvalue weighted by Gasteiger charge is -2.16. The van der Waals surface area contributed by atoms with E-state index in [1.54, 1.807) is 0 Å². The largest absolute Gasteiger partial charge is 0.506 e. The van der Waals surface area contributed by atoms with Crippen molar-refractivity contribution in [2.45, 2.75) is 18.1 Å². The fourth-order valence-electron chi connectivity index (χ4n) is 1.97. The maximum absolute atomic E-state index is 10.7. The van der Waals surface area contributed by atoms with Gasteiger partial charge < -0.3 is 19.7 Å².